The third kappa shape index (κ3) is 2.67. The lowest BCUT2D eigenvalue weighted by Gasteiger charge is -2.17. The fourth-order valence-corrected chi connectivity index (χ4v) is 2.31. The minimum absolute atomic E-state index is 0.0542. The van der Waals surface area contributed by atoms with Crippen LogP contribution in [0.4, 0.5) is 8.78 Å². The van der Waals surface area contributed by atoms with E-state index in [9.17, 15) is 13.6 Å². The molecule has 1 aliphatic heterocycles. The second-order valence-electron chi connectivity index (χ2n) is 4.59. The summed E-state index contributed by atoms with van der Waals surface area (Å²) in [6.07, 6.45) is 0.912. The molecule has 18 heavy (non-hydrogen) atoms. The molecule has 0 saturated carbocycles. The van der Waals surface area contributed by atoms with Gasteiger partial charge in [0, 0.05) is 19.2 Å². The normalized spacial score (nSPS) is 19.3. The van der Waals surface area contributed by atoms with Crippen LogP contribution in [0.5, 0.6) is 0 Å². The van der Waals surface area contributed by atoms with Gasteiger partial charge in [-0.1, -0.05) is 0 Å². The molecule has 0 aliphatic carbocycles. The van der Waals surface area contributed by atoms with Crippen molar-refractivity contribution in [2.24, 2.45) is 5.92 Å². The van der Waals surface area contributed by atoms with E-state index in [4.69, 9.17) is 0 Å². The van der Waals surface area contributed by atoms with Crippen LogP contribution in [0.25, 0.3) is 0 Å². The minimum atomic E-state index is -0.794. The van der Waals surface area contributed by atoms with Gasteiger partial charge in [0.25, 0.3) is 5.91 Å². The second-order valence-corrected chi connectivity index (χ2v) is 4.59. The smallest absolute Gasteiger partial charge is 0.256 e. The Morgan fingerprint density at radius 1 is 1.50 bits per heavy atom. The number of rotatable bonds is 3. The van der Waals surface area contributed by atoms with Crippen molar-refractivity contribution in [1.82, 2.24) is 10.2 Å². The molecular formula is C13H16F2N2O. The first-order chi connectivity index (χ1) is 8.61. The van der Waals surface area contributed by atoms with Gasteiger partial charge in [-0.05, 0) is 38.1 Å². The number of carbonyl (C=O) groups excluding carboxylic acids is 1. The Morgan fingerprint density at radius 2 is 2.28 bits per heavy atom. The highest BCUT2D eigenvalue weighted by molar-refractivity contribution is 5.94. The topological polar surface area (TPSA) is 32.3 Å². The Labute approximate surface area is 105 Å². The van der Waals surface area contributed by atoms with Crippen molar-refractivity contribution >= 4 is 5.91 Å². The van der Waals surface area contributed by atoms with E-state index in [0.29, 0.717) is 19.0 Å². The number of nitrogens with one attached hydrogen (secondary N) is 1. The summed E-state index contributed by atoms with van der Waals surface area (Å²) in [7, 11) is 1.87. The van der Waals surface area contributed by atoms with Gasteiger partial charge >= 0.3 is 0 Å². The van der Waals surface area contributed by atoms with E-state index in [2.05, 4.69) is 5.32 Å². The molecule has 5 heteroatoms. The summed E-state index contributed by atoms with van der Waals surface area (Å²) in [4.78, 5) is 13.7. The number of hydrogen-bond acceptors (Lipinski definition) is 2. The van der Waals surface area contributed by atoms with Crippen LogP contribution in [0, 0.1) is 17.6 Å². The Bertz CT molecular complexity index is 451. The highest BCUT2D eigenvalue weighted by Crippen LogP contribution is 2.19. The Kier molecular flexibility index (Phi) is 3.91. The Hall–Kier alpha value is -1.49. The van der Waals surface area contributed by atoms with E-state index in [0.717, 1.165) is 25.1 Å². The van der Waals surface area contributed by atoms with Crippen LogP contribution in [-0.2, 0) is 0 Å². The van der Waals surface area contributed by atoms with Crippen molar-refractivity contribution in [1.29, 1.82) is 0 Å². The molecule has 1 amide bonds. The van der Waals surface area contributed by atoms with E-state index >= 15 is 0 Å². The molecule has 0 bridgehead atoms. The summed E-state index contributed by atoms with van der Waals surface area (Å²) in [5, 5.41) is 3.07. The maximum absolute atomic E-state index is 13.5. The number of amides is 1. The molecule has 1 heterocycles. The predicted molar refractivity (Wildman–Crippen MR) is 64.3 cm³/mol. The zero-order valence-corrected chi connectivity index (χ0v) is 10.2. The first-order valence-corrected chi connectivity index (χ1v) is 6.00. The molecule has 1 N–H and O–H groups in total. The van der Waals surface area contributed by atoms with Crippen LogP contribution in [0.15, 0.2) is 18.2 Å². The number of nitrogens with zero attached hydrogens (tertiary/aromatic N) is 1. The molecule has 98 valence electrons. The highest BCUT2D eigenvalue weighted by atomic mass is 19.1. The number of likely N-dealkylation sites (tertiary alicyclic amines) is 1. The quantitative estimate of drug-likeness (QED) is 0.889. The van der Waals surface area contributed by atoms with Crippen molar-refractivity contribution in [3.05, 3.63) is 35.4 Å². The van der Waals surface area contributed by atoms with Gasteiger partial charge in [-0.15, -0.1) is 0 Å². The van der Waals surface area contributed by atoms with Crippen LogP contribution in [0.3, 0.4) is 0 Å². The average Bonchev–Trinajstić information content (AvgIpc) is 2.77. The highest BCUT2D eigenvalue weighted by Gasteiger charge is 2.27. The lowest BCUT2D eigenvalue weighted by molar-refractivity contribution is 0.0782. The van der Waals surface area contributed by atoms with Gasteiger partial charge in [0.1, 0.15) is 11.6 Å². The van der Waals surface area contributed by atoms with Gasteiger partial charge in [0.05, 0.1) is 5.56 Å². The molecule has 1 aliphatic rings. The van der Waals surface area contributed by atoms with Gasteiger partial charge in [-0.2, -0.15) is 0 Å². The summed E-state index contributed by atoms with van der Waals surface area (Å²) in [5.41, 5.74) is -0.0542. The van der Waals surface area contributed by atoms with E-state index < -0.39 is 11.6 Å². The number of halogens is 2. The summed E-state index contributed by atoms with van der Waals surface area (Å²) in [6.45, 7) is 2.09. The first kappa shape index (κ1) is 13.0. The summed E-state index contributed by atoms with van der Waals surface area (Å²) >= 11 is 0. The van der Waals surface area contributed by atoms with Crippen LogP contribution in [0.1, 0.15) is 16.8 Å². The van der Waals surface area contributed by atoms with Crippen molar-refractivity contribution < 1.29 is 13.6 Å². The van der Waals surface area contributed by atoms with E-state index in [1.165, 1.54) is 6.07 Å². The zero-order valence-electron chi connectivity index (χ0n) is 10.2. The maximum Gasteiger partial charge on any atom is 0.256 e. The van der Waals surface area contributed by atoms with E-state index in [1.54, 1.807) is 4.90 Å². The predicted octanol–water partition coefficient (Wildman–Crippen LogP) is 1.65. The summed E-state index contributed by atoms with van der Waals surface area (Å²) in [6, 6.07) is 3.06. The van der Waals surface area contributed by atoms with Crippen molar-refractivity contribution in [2.45, 2.75) is 6.42 Å². The molecule has 1 fully saturated rings. The van der Waals surface area contributed by atoms with Crippen LogP contribution in [-0.4, -0.2) is 37.5 Å². The minimum Gasteiger partial charge on any atom is -0.338 e. The third-order valence-electron chi connectivity index (χ3n) is 3.23. The average molecular weight is 254 g/mol. The van der Waals surface area contributed by atoms with Gasteiger partial charge in [0.15, 0.2) is 0 Å². The van der Waals surface area contributed by atoms with Gasteiger partial charge in [0.2, 0.25) is 0 Å². The molecule has 3 nitrogen and oxygen atoms in total. The van der Waals surface area contributed by atoms with Crippen molar-refractivity contribution in [3.63, 3.8) is 0 Å². The fourth-order valence-electron chi connectivity index (χ4n) is 2.31. The number of benzene rings is 1. The molecule has 2 rings (SSSR count). The molecule has 1 saturated heterocycles. The van der Waals surface area contributed by atoms with Crippen LogP contribution >= 0.6 is 0 Å². The molecule has 0 unspecified atom stereocenters. The zero-order chi connectivity index (χ0) is 13.1. The van der Waals surface area contributed by atoms with Crippen LogP contribution < -0.4 is 5.32 Å². The van der Waals surface area contributed by atoms with Gasteiger partial charge in [-0.25, -0.2) is 8.78 Å². The largest absolute Gasteiger partial charge is 0.338 e. The van der Waals surface area contributed by atoms with Gasteiger partial charge < -0.3 is 10.2 Å². The lowest BCUT2D eigenvalue weighted by Crippen LogP contribution is -2.31. The van der Waals surface area contributed by atoms with E-state index in [-0.39, 0.29) is 11.5 Å². The van der Waals surface area contributed by atoms with Crippen LogP contribution in [0.2, 0.25) is 0 Å². The number of carbonyl (C=O) groups is 1. The Balaban J connectivity index is 2.08. The fraction of sp³-hybridized carbons (Fsp3) is 0.462. The van der Waals surface area contributed by atoms with Crippen molar-refractivity contribution in [2.75, 3.05) is 26.7 Å². The molecule has 1 atom stereocenters. The summed E-state index contributed by atoms with van der Waals surface area (Å²) in [5.74, 6) is -1.41. The molecule has 1 aromatic rings. The standard InChI is InChI=1S/C13H16F2N2O/c1-16-7-9-4-5-17(8-9)13(18)11-3-2-10(14)6-12(11)15/h2-3,6,9,16H,4-5,7-8H2,1H3/t9-/m0/s1. The monoisotopic (exact) mass is 254 g/mol. The summed E-state index contributed by atoms with van der Waals surface area (Å²) < 4.78 is 26.3. The molecule has 0 aromatic heterocycles. The van der Waals surface area contributed by atoms with Gasteiger partial charge in [-0.3, -0.25) is 4.79 Å². The van der Waals surface area contributed by atoms with Crippen molar-refractivity contribution in [3.8, 4) is 0 Å². The second kappa shape index (κ2) is 5.44. The molecule has 0 radical (unpaired) electrons. The molecule has 1 aromatic carbocycles. The molecular weight excluding hydrogens is 238 g/mol. The first-order valence-electron chi connectivity index (χ1n) is 6.00. The third-order valence-corrected chi connectivity index (χ3v) is 3.23. The van der Waals surface area contributed by atoms with E-state index in [1.807, 2.05) is 7.05 Å². The Morgan fingerprint density at radius 3 is 2.94 bits per heavy atom. The SMILES string of the molecule is CNC[C@@H]1CCN(C(=O)c2ccc(F)cc2F)C1. The lowest BCUT2D eigenvalue weighted by atomic mass is 10.1. The molecule has 0 spiro atoms. The maximum atomic E-state index is 13.5. The number of hydrogen-bond donors (Lipinski definition) is 1.